The fraction of sp³-hybridized carbons (Fsp3) is 0.267. The van der Waals surface area contributed by atoms with Crippen LogP contribution in [0, 0.1) is 3.57 Å². The highest BCUT2D eigenvalue weighted by Crippen LogP contribution is 2.22. The molecule has 0 amide bonds. The first-order chi connectivity index (χ1) is 10.6. The van der Waals surface area contributed by atoms with Gasteiger partial charge in [-0.1, -0.05) is 0 Å². The van der Waals surface area contributed by atoms with Gasteiger partial charge < -0.3 is 5.32 Å². The molecule has 1 aromatic heterocycles. The van der Waals surface area contributed by atoms with E-state index in [1.54, 1.807) is 12.1 Å². The van der Waals surface area contributed by atoms with Gasteiger partial charge in [-0.05, 0) is 71.8 Å². The lowest BCUT2D eigenvalue weighted by Crippen LogP contribution is -2.27. The Kier molecular flexibility index (Phi) is 4.65. The van der Waals surface area contributed by atoms with E-state index >= 15 is 0 Å². The molecule has 0 aliphatic carbocycles. The van der Waals surface area contributed by atoms with Crippen molar-refractivity contribution in [2.75, 3.05) is 18.4 Å². The van der Waals surface area contributed by atoms with E-state index in [0.29, 0.717) is 18.9 Å². The van der Waals surface area contributed by atoms with E-state index in [-0.39, 0.29) is 4.90 Å². The van der Waals surface area contributed by atoms with Crippen molar-refractivity contribution in [2.45, 2.75) is 17.7 Å². The number of halogens is 1. The summed E-state index contributed by atoms with van der Waals surface area (Å²) in [6, 6.07) is 11.2. The maximum atomic E-state index is 12.4. The van der Waals surface area contributed by atoms with Gasteiger partial charge >= 0.3 is 0 Å². The molecule has 2 aromatic rings. The Balaban J connectivity index is 1.76. The molecule has 22 heavy (non-hydrogen) atoms. The van der Waals surface area contributed by atoms with E-state index in [0.717, 1.165) is 22.1 Å². The van der Waals surface area contributed by atoms with Crippen molar-refractivity contribution >= 4 is 44.1 Å². The second-order valence-corrected chi connectivity index (χ2v) is 8.31. The first-order valence-corrected chi connectivity index (χ1v) is 9.56. The van der Waals surface area contributed by atoms with E-state index in [2.05, 4.69) is 32.9 Å². The molecule has 5 nitrogen and oxygen atoms in total. The molecule has 0 spiro atoms. The molecule has 0 bridgehead atoms. The quantitative estimate of drug-likeness (QED) is 0.759. The van der Waals surface area contributed by atoms with Gasteiger partial charge in [0, 0.05) is 28.5 Å². The topological polar surface area (TPSA) is 62.3 Å². The molecule has 7 heteroatoms. The third-order valence-corrected chi connectivity index (χ3v) is 6.16. The van der Waals surface area contributed by atoms with Crippen LogP contribution in [0.15, 0.2) is 47.5 Å². The first-order valence-electron chi connectivity index (χ1n) is 7.04. The Morgan fingerprint density at radius 1 is 1.05 bits per heavy atom. The second kappa shape index (κ2) is 6.51. The summed E-state index contributed by atoms with van der Waals surface area (Å²) in [5.41, 5.74) is 0.920. The highest BCUT2D eigenvalue weighted by molar-refractivity contribution is 14.1. The average Bonchev–Trinajstić information content (AvgIpc) is 3.05. The van der Waals surface area contributed by atoms with Crippen LogP contribution in [0.2, 0.25) is 0 Å². The molecular formula is C15H16IN3O2S. The van der Waals surface area contributed by atoms with Gasteiger partial charge in [0.1, 0.15) is 10.7 Å². The van der Waals surface area contributed by atoms with Crippen LogP contribution in [0.1, 0.15) is 12.8 Å². The van der Waals surface area contributed by atoms with E-state index < -0.39 is 10.0 Å². The minimum atomic E-state index is -3.39. The number of pyridine rings is 1. The zero-order valence-corrected chi connectivity index (χ0v) is 14.8. The highest BCUT2D eigenvalue weighted by atomic mass is 127. The molecule has 3 rings (SSSR count). The van der Waals surface area contributed by atoms with Crippen LogP contribution in [0.5, 0.6) is 0 Å². The minimum absolute atomic E-state index is 0.252. The summed E-state index contributed by atoms with van der Waals surface area (Å²) in [5.74, 6) is 0.626. The molecule has 116 valence electrons. The smallest absolute Gasteiger partial charge is 0.244 e. The number of nitrogens with one attached hydrogen (secondary N) is 1. The normalized spacial score (nSPS) is 15.9. The fourth-order valence-electron chi connectivity index (χ4n) is 2.37. The van der Waals surface area contributed by atoms with E-state index in [1.807, 2.05) is 24.3 Å². The first kappa shape index (κ1) is 15.7. The summed E-state index contributed by atoms with van der Waals surface area (Å²) in [6.45, 7) is 1.20. The van der Waals surface area contributed by atoms with Gasteiger partial charge in [-0.15, -0.1) is 0 Å². The number of hydrogen-bond acceptors (Lipinski definition) is 4. The van der Waals surface area contributed by atoms with E-state index in [4.69, 9.17) is 0 Å². The lowest BCUT2D eigenvalue weighted by Gasteiger charge is -2.15. The van der Waals surface area contributed by atoms with Gasteiger partial charge in [0.25, 0.3) is 0 Å². The van der Waals surface area contributed by atoms with Gasteiger partial charge in [0.15, 0.2) is 0 Å². The largest absolute Gasteiger partial charge is 0.340 e. The number of hydrogen-bond donors (Lipinski definition) is 1. The Labute approximate surface area is 143 Å². The van der Waals surface area contributed by atoms with Crippen LogP contribution < -0.4 is 5.32 Å². The van der Waals surface area contributed by atoms with Crippen LogP contribution in [-0.4, -0.2) is 30.8 Å². The van der Waals surface area contributed by atoms with Crippen LogP contribution in [0.3, 0.4) is 0 Å². The van der Waals surface area contributed by atoms with Crippen LogP contribution in [0.25, 0.3) is 0 Å². The van der Waals surface area contributed by atoms with Crippen molar-refractivity contribution in [1.29, 1.82) is 0 Å². The third-order valence-electron chi connectivity index (χ3n) is 3.56. The molecule has 1 aliphatic rings. The Bertz CT molecular complexity index is 739. The van der Waals surface area contributed by atoms with E-state index in [1.165, 1.54) is 10.5 Å². The molecule has 0 radical (unpaired) electrons. The lowest BCUT2D eigenvalue weighted by atomic mass is 10.3. The van der Waals surface area contributed by atoms with Gasteiger partial charge in [0.05, 0.1) is 0 Å². The van der Waals surface area contributed by atoms with Crippen molar-refractivity contribution in [2.24, 2.45) is 0 Å². The van der Waals surface area contributed by atoms with Gasteiger partial charge in [-0.2, -0.15) is 4.31 Å². The molecule has 1 aromatic carbocycles. The molecule has 2 heterocycles. The van der Waals surface area contributed by atoms with Crippen LogP contribution in [-0.2, 0) is 10.0 Å². The van der Waals surface area contributed by atoms with Crippen molar-refractivity contribution in [3.05, 3.63) is 46.2 Å². The Morgan fingerprint density at radius 2 is 1.73 bits per heavy atom. The summed E-state index contributed by atoms with van der Waals surface area (Å²) in [5, 5.41) is 3.16. The van der Waals surface area contributed by atoms with Gasteiger partial charge in [-0.3, -0.25) is 0 Å². The van der Waals surface area contributed by atoms with Crippen molar-refractivity contribution in [3.8, 4) is 0 Å². The molecule has 0 unspecified atom stereocenters. The van der Waals surface area contributed by atoms with Crippen molar-refractivity contribution in [1.82, 2.24) is 9.29 Å². The maximum Gasteiger partial charge on any atom is 0.244 e. The number of sulfonamides is 1. The third kappa shape index (κ3) is 3.41. The summed E-state index contributed by atoms with van der Waals surface area (Å²) in [6.07, 6.45) is 3.28. The number of aromatic nitrogens is 1. The number of anilines is 2. The number of nitrogens with zero attached hydrogens (tertiary/aromatic N) is 2. The number of benzene rings is 1. The Morgan fingerprint density at radius 3 is 2.32 bits per heavy atom. The number of rotatable bonds is 4. The van der Waals surface area contributed by atoms with Gasteiger partial charge in [-0.25, -0.2) is 13.4 Å². The van der Waals surface area contributed by atoms with Crippen LogP contribution >= 0.6 is 22.6 Å². The standard InChI is InChI=1S/C15H16IN3O2S/c16-12-3-5-13(6-4-12)18-15-8-7-14(11-17-15)22(20,21)19-9-1-2-10-19/h3-8,11H,1-2,9-10H2,(H,17,18). The van der Waals surface area contributed by atoms with Crippen molar-refractivity contribution < 1.29 is 8.42 Å². The summed E-state index contributed by atoms with van der Waals surface area (Å²) >= 11 is 2.24. The highest BCUT2D eigenvalue weighted by Gasteiger charge is 2.27. The zero-order chi connectivity index (χ0) is 15.6. The molecule has 0 saturated carbocycles. The molecule has 1 aliphatic heterocycles. The van der Waals surface area contributed by atoms with Crippen LogP contribution in [0.4, 0.5) is 11.5 Å². The second-order valence-electron chi connectivity index (χ2n) is 5.12. The molecule has 1 N–H and O–H groups in total. The minimum Gasteiger partial charge on any atom is -0.340 e. The molecule has 1 fully saturated rings. The lowest BCUT2D eigenvalue weighted by molar-refractivity contribution is 0.477. The average molecular weight is 429 g/mol. The fourth-order valence-corrected chi connectivity index (χ4v) is 4.19. The van der Waals surface area contributed by atoms with Crippen molar-refractivity contribution in [3.63, 3.8) is 0 Å². The van der Waals surface area contributed by atoms with E-state index in [9.17, 15) is 8.42 Å². The van der Waals surface area contributed by atoms with Gasteiger partial charge in [0.2, 0.25) is 10.0 Å². The molecular weight excluding hydrogens is 413 g/mol. The predicted octanol–water partition coefficient (Wildman–Crippen LogP) is 3.21. The zero-order valence-electron chi connectivity index (χ0n) is 11.9. The molecule has 0 atom stereocenters. The molecule has 1 saturated heterocycles. The predicted molar refractivity (Wildman–Crippen MR) is 94.7 cm³/mol. The maximum absolute atomic E-state index is 12.4. The summed E-state index contributed by atoms with van der Waals surface area (Å²) < 4.78 is 27.5. The summed E-state index contributed by atoms with van der Waals surface area (Å²) in [4.78, 5) is 4.47. The monoisotopic (exact) mass is 429 g/mol. The summed E-state index contributed by atoms with van der Waals surface area (Å²) in [7, 11) is -3.39. The SMILES string of the molecule is O=S(=O)(c1ccc(Nc2ccc(I)cc2)nc1)N1CCCC1. The Hall–Kier alpha value is -1.19.